The largest absolute Gasteiger partial charge is 0.380 e. The van der Waals surface area contributed by atoms with E-state index in [4.69, 9.17) is 25.1 Å². The van der Waals surface area contributed by atoms with Gasteiger partial charge in [-0.05, 0) is 25.3 Å². The molecule has 0 radical (unpaired) electrons. The Bertz CT molecular complexity index is 1120. The summed E-state index contributed by atoms with van der Waals surface area (Å²) in [5, 5.41) is 19.2. The van der Waals surface area contributed by atoms with Crippen LogP contribution in [0.2, 0.25) is 0 Å². The van der Waals surface area contributed by atoms with Crippen molar-refractivity contribution in [2.75, 3.05) is 99.2 Å². The van der Waals surface area contributed by atoms with E-state index in [1.165, 1.54) is 0 Å². The summed E-state index contributed by atoms with van der Waals surface area (Å²) in [5.74, 6) is 2.54. The Labute approximate surface area is 225 Å². The molecule has 0 spiro atoms. The van der Waals surface area contributed by atoms with Gasteiger partial charge in [-0.2, -0.15) is 4.98 Å². The maximum absolute atomic E-state index is 11.9. The van der Waals surface area contributed by atoms with Gasteiger partial charge in [-0.1, -0.05) is 13.0 Å². The maximum Gasteiger partial charge on any atom is 0.228 e. The van der Waals surface area contributed by atoms with Crippen molar-refractivity contribution in [1.82, 2.24) is 20.2 Å². The number of nitrogens with one attached hydrogen (secondary N) is 4. The molecule has 0 amide bonds. The van der Waals surface area contributed by atoms with Crippen LogP contribution < -0.4 is 20.9 Å². The van der Waals surface area contributed by atoms with Crippen LogP contribution in [0.3, 0.4) is 0 Å². The van der Waals surface area contributed by atoms with Gasteiger partial charge in [0, 0.05) is 65.5 Å². The predicted molar refractivity (Wildman–Crippen MR) is 153 cm³/mol. The Kier molecular flexibility index (Phi) is 10.1. The second kappa shape index (κ2) is 13.5. The van der Waals surface area contributed by atoms with Gasteiger partial charge in [0.1, 0.15) is 17.2 Å². The van der Waals surface area contributed by atoms with Gasteiger partial charge in [0.15, 0.2) is 15.7 Å². The summed E-state index contributed by atoms with van der Waals surface area (Å²) in [6.45, 7) is 10.8. The topological polar surface area (TPSA) is 148 Å². The van der Waals surface area contributed by atoms with Crippen LogP contribution in [0.1, 0.15) is 26.0 Å². The standard InChI is InChI=1S/C25H41N9O3S/c1-3-19-5-6-21(29-17-19)30-24-23(28-9-14-37-4-2)22(31-25(32-24)34-10-7-27-8-11-34)20(26)18-33-12-15-38(35,36)16-13-33/h5-6,19,26-28H,3-4,7-18H2,1-2H3,(H,29,30,31,32). The number of anilines is 3. The quantitative estimate of drug-likeness (QED) is 0.232. The van der Waals surface area contributed by atoms with E-state index >= 15 is 0 Å². The van der Waals surface area contributed by atoms with E-state index < -0.39 is 9.84 Å². The van der Waals surface area contributed by atoms with Crippen LogP contribution in [0.5, 0.6) is 0 Å². The molecular weight excluding hydrogens is 506 g/mol. The number of aromatic nitrogens is 2. The second-order valence-electron chi connectivity index (χ2n) is 9.74. The first-order valence-corrected chi connectivity index (χ1v) is 15.4. The molecule has 4 rings (SSSR count). The molecular formula is C25H41N9O3S. The number of dihydropyridines is 1. The highest BCUT2D eigenvalue weighted by Crippen LogP contribution is 2.28. The van der Waals surface area contributed by atoms with Gasteiger partial charge in [-0.15, -0.1) is 0 Å². The smallest absolute Gasteiger partial charge is 0.228 e. The number of hydrogen-bond acceptors (Lipinski definition) is 12. The maximum atomic E-state index is 11.9. The highest BCUT2D eigenvalue weighted by Gasteiger charge is 2.26. The average molecular weight is 548 g/mol. The Morgan fingerprint density at radius 1 is 1.18 bits per heavy atom. The minimum atomic E-state index is -3.00. The van der Waals surface area contributed by atoms with E-state index in [1.807, 2.05) is 17.9 Å². The summed E-state index contributed by atoms with van der Waals surface area (Å²) in [6, 6.07) is 0. The first kappa shape index (κ1) is 28.4. The number of aliphatic imine (C=N–C) groups is 1. The van der Waals surface area contributed by atoms with Crippen molar-refractivity contribution in [3.63, 3.8) is 0 Å². The van der Waals surface area contributed by atoms with Gasteiger partial charge in [0.05, 0.1) is 23.8 Å². The van der Waals surface area contributed by atoms with E-state index in [0.717, 1.165) is 45.0 Å². The summed E-state index contributed by atoms with van der Waals surface area (Å²) >= 11 is 0. The zero-order valence-corrected chi connectivity index (χ0v) is 23.3. The highest BCUT2D eigenvalue weighted by atomic mass is 32.2. The molecule has 0 bridgehead atoms. The van der Waals surface area contributed by atoms with Crippen LogP contribution in [-0.4, -0.2) is 118 Å². The van der Waals surface area contributed by atoms with Crippen LogP contribution in [0, 0.1) is 11.3 Å². The van der Waals surface area contributed by atoms with E-state index in [9.17, 15) is 8.42 Å². The molecule has 0 aromatic carbocycles. The number of ether oxygens (including phenoxy) is 1. The fourth-order valence-electron chi connectivity index (χ4n) is 4.55. The van der Waals surface area contributed by atoms with Crippen molar-refractivity contribution < 1.29 is 13.2 Å². The first-order valence-electron chi connectivity index (χ1n) is 13.6. The van der Waals surface area contributed by atoms with Crippen LogP contribution in [0.4, 0.5) is 17.5 Å². The number of amidine groups is 1. The van der Waals surface area contributed by atoms with Crippen LogP contribution in [0.25, 0.3) is 0 Å². The molecule has 12 nitrogen and oxygen atoms in total. The summed E-state index contributed by atoms with van der Waals surface area (Å²) in [4.78, 5) is 18.6. The van der Waals surface area contributed by atoms with Crippen molar-refractivity contribution in [1.29, 1.82) is 5.41 Å². The zero-order chi connectivity index (χ0) is 27.0. The lowest BCUT2D eigenvalue weighted by Crippen LogP contribution is -2.45. The molecule has 210 valence electrons. The van der Waals surface area contributed by atoms with E-state index in [1.54, 1.807) is 0 Å². The van der Waals surface area contributed by atoms with Crippen molar-refractivity contribution in [3.05, 3.63) is 17.8 Å². The predicted octanol–water partition coefficient (Wildman–Crippen LogP) is 0.839. The molecule has 1 aromatic rings. The fraction of sp³-hybridized carbons (Fsp3) is 0.680. The lowest BCUT2D eigenvalue weighted by atomic mass is 10.0. The van der Waals surface area contributed by atoms with Crippen LogP contribution in [-0.2, 0) is 14.6 Å². The monoisotopic (exact) mass is 547 g/mol. The van der Waals surface area contributed by atoms with E-state index in [2.05, 4.69) is 33.9 Å². The van der Waals surface area contributed by atoms with Crippen molar-refractivity contribution in [3.8, 4) is 0 Å². The molecule has 3 aliphatic rings. The molecule has 0 aliphatic carbocycles. The molecule has 3 aliphatic heterocycles. The van der Waals surface area contributed by atoms with Crippen molar-refractivity contribution >= 4 is 38.8 Å². The van der Waals surface area contributed by atoms with Gasteiger partial charge in [0.2, 0.25) is 5.95 Å². The average Bonchev–Trinajstić information content (AvgIpc) is 2.93. The Balaban J connectivity index is 1.66. The summed E-state index contributed by atoms with van der Waals surface area (Å²) < 4.78 is 29.4. The highest BCUT2D eigenvalue weighted by molar-refractivity contribution is 7.91. The van der Waals surface area contributed by atoms with Crippen LogP contribution in [0.15, 0.2) is 17.1 Å². The molecule has 0 saturated carbocycles. The second-order valence-corrected chi connectivity index (χ2v) is 12.0. The molecule has 38 heavy (non-hydrogen) atoms. The Morgan fingerprint density at radius 2 is 1.95 bits per heavy atom. The molecule has 2 saturated heterocycles. The SMILES string of the molecule is CCOCCNc1c(NC2=NCC(CC)C=C2)nc(N2CCNCC2)nc1C(=N)CN1CCS(=O)(=O)CC1. The molecule has 1 atom stereocenters. The molecule has 4 N–H and O–H groups in total. The van der Waals surface area contributed by atoms with Gasteiger partial charge >= 0.3 is 0 Å². The van der Waals surface area contributed by atoms with Gasteiger partial charge in [-0.25, -0.2) is 13.4 Å². The number of sulfone groups is 1. The van der Waals surface area contributed by atoms with Gasteiger partial charge in [-0.3, -0.25) is 9.89 Å². The third-order valence-electron chi connectivity index (χ3n) is 6.95. The van der Waals surface area contributed by atoms with Gasteiger partial charge < -0.3 is 31.0 Å². The summed E-state index contributed by atoms with van der Waals surface area (Å²) in [7, 11) is -3.00. The third kappa shape index (κ3) is 7.71. The van der Waals surface area contributed by atoms with E-state index in [0.29, 0.717) is 74.2 Å². The fourth-order valence-corrected chi connectivity index (χ4v) is 5.83. The Morgan fingerprint density at radius 3 is 2.61 bits per heavy atom. The summed E-state index contributed by atoms with van der Waals surface area (Å²) in [6.07, 6.45) is 5.20. The Hall–Kier alpha value is -2.61. The number of rotatable bonds is 11. The number of nitrogens with zero attached hydrogens (tertiary/aromatic N) is 5. The molecule has 4 heterocycles. The molecule has 2 fully saturated rings. The van der Waals surface area contributed by atoms with Crippen molar-refractivity contribution in [2.45, 2.75) is 20.3 Å². The molecule has 1 unspecified atom stereocenters. The minimum absolute atomic E-state index is 0.118. The van der Waals surface area contributed by atoms with Gasteiger partial charge in [0.25, 0.3) is 0 Å². The first-order chi connectivity index (χ1) is 18.4. The lowest BCUT2D eigenvalue weighted by Gasteiger charge is -2.30. The molecule has 1 aromatic heterocycles. The van der Waals surface area contributed by atoms with E-state index in [-0.39, 0.29) is 11.5 Å². The zero-order valence-electron chi connectivity index (χ0n) is 22.5. The number of hydrogen-bond donors (Lipinski definition) is 4. The molecule has 13 heteroatoms. The summed E-state index contributed by atoms with van der Waals surface area (Å²) in [5.41, 5.74) is 1.46. The normalized spacial score (nSPS) is 21.7. The number of piperazine rings is 1. The third-order valence-corrected chi connectivity index (χ3v) is 8.56. The lowest BCUT2D eigenvalue weighted by molar-refractivity contribution is 0.158. The minimum Gasteiger partial charge on any atom is -0.380 e. The van der Waals surface area contributed by atoms with Crippen LogP contribution >= 0.6 is 0 Å². The van der Waals surface area contributed by atoms with Crippen molar-refractivity contribution in [2.24, 2.45) is 10.9 Å².